The van der Waals surface area contributed by atoms with Crippen LogP contribution in [-0.2, 0) is 4.79 Å². The fourth-order valence-corrected chi connectivity index (χ4v) is 4.07. The minimum absolute atomic E-state index is 0.279. The number of hydrogen-bond donors (Lipinski definition) is 1. The summed E-state index contributed by atoms with van der Waals surface area (Å²) in [5.74, 6) is 0.123. The zero-order chi connectivity index (χ0) is 17.0. The number of nitrogens with one attached hydrogen (secondary N) is 1. The molecule has 0 spiro atoms. The number of aromatic nitrogens is 3. The molecule has 7 heteroatoms. The zero-order valence-corrected chi connectivity index (χ0v) is 14.2. The molecule has 3 aromatic heterocycles. The molecule has 1 N–H and O–H groups in total. The Hall–Kier alpha value is -2.80. The van der Waals surface area contributed by atoms with Crippen LogP contribution in [0.1, 0.15) is 18.3 Å². The normalized spacial score (nSPS) is 11.5. The first kappa shape index (κ1) is 14.8. The molecule has 24 heavy (non-hydrogen) atoms. The topological polar surface area (TPSA) is 76.9 Å². The molecular weight excluding hydrogens is 324 g/mol. The summed E-state index contributed by atoms with van der Waals surface area (Å²) in [5, 5.41) is 1.96. The van der Waals surface area contributed by atoms with E-state index in [-0.39, 0.29) is 11.5 Å². The number of carbonyl (C=O) groups is 1. The van der Waals surface area contributed by atoms with Crippen LogP contribution in [0, 0.1) is 13.8 Å². The molecule has 0 saturated heterocycles. The van der Waals surface area contributed by atoms with Crippen LogP contribution in [0.4, 0.5) is 0 Å². The van der Waals surface area contributed by atoms with Crippen molar-refractivity contribution < 1.29 is 4.79 Å². The smallest absolute Gasteiger partial charge is 0.274 e. The molecule has 4 rings (SSSR count). The maximum Gasteiger partial charge on any atom is 0.290 e. The van der Waals surface area contributed by atoms with Crippen LogP contribution in [0.25, 0.3) is 31.3 Å². The highest BCUT2D eigenvalue weighted by molar-refractivity contribution is 7.25. The van der Waals surface area contributed by atoms with Crippen LogP contribution < -0.4 is 11.0 Å². The third kappa shape index (κ3) is 2.01. The van der Waals surface area contributed by atoms with Crippen molar-refractivity contribution in [2.75, 3.05) is 5.43 Å². The van der Waals surface area contributed by atoms with Crippen molar-refractivity contribution in [2.45, 2.75) is 20.8 Å². The molecule has 4 aromatic rings. The van der Waals surface area contributed by atoms with Gasteiger partial charge in [0, 0.05) is 17.7 Å². The lowest BCUT2D eigenvalue weighted by molar-refractivity contribution is -0.115. The first-order valence-corrected chi connectivity index (χ1v) is 8.28. The quantitative estimate of drug-likeness (QED) is 0.579. The molecule has 0 saturated carbocycles. The Morgan fingerprint density at radius 3 is 2.71 bits per heavy atom. The van der Waals surface area contributed by atoms with Gasteiger partial charge in [-0.25, -0.2) is 14.6 Å². The molecular formula is C17H14N4O2S. The van der Waals surface area contributed by atoms with E-state index in [2.05, 4.69) is 15.4 Å². The minimum atomic E-state index is -0.317. The summed E-state index contributed by atoms with van der Waals surface area (Å²) in [6.45, 7) is 5.08. The second-order valence-corrected chi connectivity index (χ2v) is 6.68. The highest BCUT2D eigenvalue weighted by Gasteiger charge is 2.18. The number of fused-ring (bicyclic) bond motifs is 4. The summed E-state index contributed by atoms with van der Waals surface area (Å²) in [4.78, 5) is 34.1. The SMILES string of the molecule is CC(=O)Nn1c(C)nc2c(sc3nc4ccccc4c(C)c32)c1=O. The number of hydrogen-bond acceptors (Lipinski definition) is 5. The average Bonchev–Trinajstić information content (AvgIpc) is 2.90. The van der Waals surface area contributed by atoms with Gasteiger partial charge in [0.2, 0.25) is 5.91 Å². The molecule has 0 aliphatic carbocycles. The van der Waals surface area contributed by atoms with E-state index in [1.807, 2.05) is 31.2 Å². The predicted molar refractivity (Wildman–Crippen MR) is 96.2 cm³/mol. The Bertz CT molecular complexity index is 1210. The van der Waals surface area contributed by atoms with Gasteiger partial charge in [0.1, 0.15) is 15.4 Å². The van der Waals surface area contributed by atoms with Gasteiger partial charge in [0.05, 0.1) is 11.0 Å². The lowest BCUT2D eigenvalue weighted by Crippen LogP contribution is -2.33. The maximum atomic E-state index is 12.7. The van der Waals surface area contributed by atoms with E-state index >= 15 is 0 Å². The molecule has 0 aliphatic rings. The Labute approximate surface area is 140 Å². The van der Waals surface area contributed by atoms with Crippen LogP contribution in [0.5, 0.6) is 0 Å². The summed E-state index contributed by atoms with van der Waals surface area (Å²) in [5.41, 5.74) is 4.84. The minimum Gasteiger partial charge on any atom is -0.274 e. The lowest BCUT2D eigenvalue weighted by atomic mass is 10.1. The third-order valence-electron chi connectivity index (χ3n) is 4.03. The molecule has 6 nitrogen and oxygen atoms in total. The maximum absolute atomic E-state index is 12.7. The molecule has 0 unspecified atom stereocenters. The third-order valence-corrected chi connectivity index (χ3v) is 5.09. The van der Waals surface area contributed by atoms with Gasteiger partial charge in [-0.2, -0.15) is 0 Å². The van der Waals surface area contributed by atoms with Crippen LogP contribution in [0.15, 0.2) is 29.1 Å². The summed E-state index contributed by atoms with van der Waals surface area (Å²) < 4.78 is 1.69. The van der Waals surface area contributed by atoms with Crippen molar-refractivity contribution in [1.29, 1.82) is 0 Å². The van der Waals surface area contributed by atoms with Gasteiger partial charge < -0.3 is 0 Å². The van der Waals surface area contributed by atoms with E-state index in [4.69, 9.17) is 0 Å². The number of amides is 1. The van der Waals surface area contributed by atoms with Gasteiger partial charge in [0.15, 0.2) is 0 Å². The Morgan fingerprint density at radius 2 is 1.96 bits per heavy atom. The molecule has 0 fully saturated rings. The Kier molecular flexibility index (Phi) is 3.14. The van der Waals surface area contributed by atoms with Gasteiger partial charge in [0.25, 0.3) is 5.56 Å². The van der Waals surface area contributed by atoms with E-state index < -0.39 is 0 Å². The summed E-state index contributed by atoms with van der Waals surface area (Å²) in [6.07, 6.45) is 0. The summed E-state index contributed by atoms with van der Waals surface area (Å²) >= 11 is 1.31. The Balaban J connectivity index is 2.18. The molecule has 0 bridgehead atoms. The van der Waals surface area contributed by atoms with E-state index in [1.165, 1.54) is 22.9 Å². The van der Waals surface area contributed by atoms with E-state index in [9.17, 15) is 9.59 Å². The molecule has 1 amide bonds. The monoisotopic (exact) mass is 338 g/mol. The molecule has 3 heterocycles. The first-order valence-electron chi connectivity index (χ1n) is 7.46. The number of aryl methyl sites for hydroxylation is 2. The predicted octanol–water partition coefficient (Wildman–Crippen LogP) is 2.87. The van der Waals surface area contributed by atoms with Gasteiger partial charge in [-0.05, 0) is 25.5 Å². The number of pyridine rings is 1. The number of nitrogens with zero attached hydrogens (tertiary/aromatic N) is 3. The number of thiophene rings is 1. The fourth-order valence-electron chi connectivity index (χ4n) is 2.96. The van der Waals surface area contributed by atoms with E-state index in [1.54, 1.807) is 6.92 Å². The van der Waals surface area contributed by atoms with E-state index in [0.29, 0.717) is 16.0 Å². The van der Waals surface area contributed by atoms with Gasteiger partial charge in [-0.3, -0.25) is 15.0 Å². The standard InChI is InChI=1S/C17H14N4O2S/c1-8-11-6-4-5-7-12(11)19-16-13(8)14-15(24-16)17(23)21(9(2)18-14)20-10(3)22/h4-7H,1-3H3,(H,20,22). The first-order chi connectivity index (χ1) is 11.5. The van der Waals surface area contributed by atoms with Gasteiger partial charge in [-0.15, -0.1) is 11.3 Å². The summed E-state index contributed by atoms with van der Waals surface area (Å²) in [7, 11) is 0. The molecule has 0 atom stereocenters. The molecule has 120 valence electrons. The van der Waals surface area contributed by atoms with Crippen LogP contribution in [0.2, 0.25) is 0 Å². The highest BCUT2D eigenvalue weighted by Crippen LogP contribution is 2.35. The second kappa shape index (κ2) is 5.10. The van der Waals surface area contributed by atoms with Crippen LogP contribution >= 0.6 is 11.3 Å². The highest BCUT2D eigenvalue weighted by atomic mass is 32.1. The van der Waals surface area contributed by atoms with Crippen molar-refractivity contribution in [3.05, 3.63) is 46.0 Å². The number of para-hydroxylation sites is 1. The molecule has 1 aromatic carbocycles. The van der Waals surface area contributed by atoms with Crippen molar-refractivity contribution in [1.82, 2.24) is 14.6 Å². The largest absolute Gasteiger partial charge is 0.290 e. The van der Waals surface area contributed by atoms with Gasteiger partial charge >= 0.3 is 0 Å². The number of benzene rings is 1. The second-order valence-electron chi connectivity index (χ2n) is 5.68. The van der Waals surface area contributed by atoms with Crippen molar-refractivity contribution in [3.8, 4) is 0 Å². The van der Waals surface area contributed by atoms with E-state index in [0.717, 1.165) is 26.7 Å². The van der Waals surface area contributed by atoms with Gasteiger partial charge in [-0.1, -0.05) is 18.2 Å². The average molecular weight is 338 g/mol. The number of rotatable bonds is 1. The lowest BCUT2D eigenvalue weighted by Gasteiger charge is -2.09. The van der Waals surface area contributed by atoms with Crippen molar-refractivity contribution in [3.63, 3.8) is 0 Å². The van der Waals surface area contributed by atoms with Crippen LogP contribution in [0.3, 0.4) is 0 Å². The molecule has 0 radical (unpaired) electrons. The number of carbonyl (C=O) groups excluding carboxylic acids is 1. The Morgan fingerprint density at radius 1 is 1.21 bits per heavy atom. The van der Waals surface area contributed by atoms with Crippen LogP contribution in [-0.4, -0.2) is 20.6 Å². The zero-order valence-electron chi connectivity index (χ0n) is 13.4. The summed E-state index contributed by atoms with van der Waals surface area (Å²) in [6, 6.07) is 7.90. The molecule has 0 aliphatic heterocycles. The van der Waals surface area contributed by atoms with Crippen molar-refractivity contribution in [2.24, 2.45) is 0 Å². The van der Waals surface area contributed by atoms with Crippen molar-refractivity contribution >= 4 is 48.6 Å². The fraction of sp³-hybridized carbons (Fsp3) is 0.176.